The molecule has 0 saturated carbocycles. The number of urea groups is 1. The smallest absolute Gasteiger partial charge is 0.317 e. The maximum Gasteiger partial charge on any atom is 0.317 e. The molecule has 1 fully saturated rings. The summed E-state index contributed by atoms with van der Waals surface area (Å²) in [7, 11) is 1.72. The van der Waals surface area contributed by atoms with Crippen LogP contribution in [0.2, 0.25) is 0 Å². The minimum Gasteiger partial charge on any atom is -0.379 e. The van der Waals surface area contributed by atoms with Gasteiger partial charge in [-0.3, -0.25) is 9.69 Å². The standard InChI is InChI=1S/C24H31FN4O3/c1-28(18-19-5-3-2-4-6-19)24(31)26-12-11-23(30)27-17-22(29-13-15-32-16-14-29)20-7-9-21(25)10-8-20/h2-10,22H,11-18H2,1H3,(H,26,31)(H,27,30). The summed E-state index contributed by atoms with van der Waals surface area (Å²) in [5.41, 5.74) is 1.99. The van der Waals surface area contributed by atoms with E-state index in [1.165, 1.54) is 12.1 Å². The molecule has 32 heavy (non-hydrogen) atoms. The van der Waals surface area contributed by atoms with Crippen molar-refractivity contribution in [3.8, 4) is 0 Å². The number of nitrogens with zero attached hydrogens (tertiary/aromatic N) is 2. The van der Waals surface area contributed by atoms with E-state index in [2.05, 4.69) is 15.5 Å². The van der Waals surface area contributed by atoms with Gasteiger partial charge in [-0.25, -0.2) is 9.18 Å². The highest BCUT2D eigenvalue weighted by molar-refractivity contribution is 5.78. The first-order chi connectivity index (χ1) is 15.5. The SMILES string of the molecule is CN(Cc1ccccc1)C(=O)NCCC(=O)NCC(c1ccc(F)cc1)N1CCOCC1. The van der Waals surface area contributed by atoms with Crippen LogP contribution in [0.25, 0.3) is 0 Å². The van der Waals surface area contributed by atoms with E-state index in [-0.39, 0.29) is 36.8 Å². The van der Waals surface area contributed by atoms with E-state index < -0.39 is 0 Å². The van der Waals surface area contributed by atoms with Gasteiger partial charge in [0, 0.05) is 46.2 Å². The Morgan fingerprint density at radius 1 is 1.06 bits per heavy atom. The van der Waals surface area contributed by atoms with E-state index in [4.69, 9.17) is 4.74 Å². The van der Waals surface area contributed by atoms with E-state index in [0.717, 1.165) is 24.2 Å². The lowest BCUT2D eigenvalue weighted by Gasteiger charge is -2.35. The lowest BCUT2D eigenvalue weighted by molar-refractivity contribution is -0.121. The van der Waals surface area contributed by atoms with Gasteiger partial charge >= 0.3 is 6.03 Å². The molecule has 8 heteroatoms. The molecule has 0 radical (unpaired) electrons. The number of nitrogens with one attached hydrogen (secondary N) is 2. The summed E-state index contributed by atoms with van der Waals surface area (Å²) in [6.45, 7) is 3.93. The van der Waals surface area contributed by atoms with Crippen LogP contribution in [0.5, 0.6) is 0 Å². The lowest BCUT2D eigenvalue weighted by Crippen LogP contribution is -2.44. The highest BCUT2D eigenvalue weighted by Crippen LogP contribution is 2.21. The third kappa shape index (κ3) is 7.32. The highest BCUT2D eigenvalue weighted by atomic mass is 19.1. The molecular formula is C24H31FN4O3. The molecule has 0 bridgehead atoms. The van der Waals surface area contributed by atoms with Gasteiger partial charge in [0.1, 0.15) is 5.82 Å². The van der Waals surface area contributed by atoms with Crippen molar-refractivity contribution >= 4 is 11.9 Å². The van der Waals surface area contributed by atoms with Crippen LogP contribution in [0.15, 0.2) is 54.6 Å². The molecule has 7 nitrogen and oxygen atoms in total. The van der Waals surface area contributed by atoms with Crippen LogP contribution >= 0.6 is 0 Å². The Labute approximate surface area is 188 Å². The molecule has 1 saturated heterocycles. The van der Waals surface area contributed by atoms with Gasteiger partial charge < -0.3 is 20.3 Å². The Bertz CT molecular complexity index is 857. The van der Waals surface area contributed by atoms with Crippen molar-refractivity contribution in [1.29, 1.82) is 0 Å². The topological polar surface area (TPSA) is 73.9 Å². The number of amides is 3. The van der Waals surface area contributed by atoms with Gasteiger partial charge in [0.05, 0.1) is 19.3 Å². The normalized spacial score (nSPS) is 15.1. The quantitative estimate of drug-likeness (QED) is 0.626. The van der Waals surface area contributed by atoms with E-state index in [1.807, 2.05) is 30.3 Å². The number of rotatable bonds is 9. The van der Waals surface area contributed by atoms with E-state index in [1.54, 1.807) is 24.1 Å². The summed E-state index contributed by atoms with van der Waals surface area (Å²) < 4.78 is 18.8. The second-order valence-corrected chi connectivity index (χ2v) is 7.84. The molecular weight excluding hydrogens is 411 g/mol. The van der Waals surface area contributed by atoms with Crippen LogP contribution in [-0.2, 0) is 16.1 Å². The van der Waals surface area contributed by atoms with Crippen molar-refractivity contribution in [1.82, 2.24) is 20.4 Å². The van der Waals surface area contributed by atoms with Crippen molar-refractivity contribution in [3.05, 3.63) is 71.5 Å². The highest BCUT2D eigenvalue weighted by Gasteiger charge is 2.23. The second kappa shape index (κ2) is 12.2. The molecule has 3 amide bonds. The average molecular weight is 443 g/mol. The van der Waals surface area contributed by atoms with Crippen molar-refractivity contribution < 1.29 is 18.7 Å². The molecule has 1 unspecified atom stereocenters. The average Bonchev–Trinajstić information content (AvgIpc) is 2.81. The summed E-state index contributed by atoms with van der Waals surface area (Å²) in [4.78, 5) is 28.4. The van der Waals surface area contributed by atoms with Crippen molar-refractivity contribution in [2.24, 2.45) is 0 Å². The fraction of sp³-hybridized carbons (Fsp3) is 0.417. The molecule has 1 atom stereocenters. The van der Waals surface area contributed by atoms with Gasteiger partial charge in [0.25, 0.3) is 0 Å². The number of carbonyl (C=O) groups excluding carboxylic acids is 2. The number of benzene rings is 2. The zero-order valence-corrected chi connectivity index (χ0v) is 18.4. The lowest BCUT2D eigenvalue weighted by atomic mass is 10.0. The molecule has 1 heterocycles. The third-order valence-corrected chi connectivity index (χ3v) is 5.47. The predicted molar refractivity (Wildman–Crippen MR) is 120 cm³/mol. The number of halogens is 1. The molecule has 3 rings (SSSR count). The number of hydrogen-bond donors (Lipinski definition) is 2. The summed E-state index contributed by atoms with van der Waals surface area (Å²) in [6.07, 6.45) is 0.185. The molecule has 1 aliphatic heterocycles. The Morgan fingerprint density at radius 2 is 1.75 bits per heavy atom. The van der Waals surface area contributed by atoms with Crippen LogP contribution in [0.1, 0.15) is 23.6 Å². The summed E-state index contributed by atoms with van der Waals surface area (Å²) in [5, 5.41) is 5.74. The van der Waals surface area contributed by atoms with E-state index in [9.17, 15) is 14.0 Å². The molecule has 0 spiro atoms. The Kier molecular flexibility index (Phi) is 9.01. The largest absolute Gasteiger partial charge is 0.379 e. The van der Waals surface area contributed by atoms with Crippen LogP contribution in [-0.4, -0.2) is 68.2 Å². The first-order valence-electron chi connectivity index (χ1n) is 10.9. The number of morpholine rings is 1. The van der Waals surface area contributed by atoms with Crippen molar-refractivity contribution in [3.63, 3.8) is 0 Å². The third-order valence-electron chi connectivity index (χ3n) is 5.47. The molecule has 2 aromatic rings. The van der Waals surface area contributed by atoms with Gasteiger partial charge in [-0.05, 0) is 23.3 Å². The van der Waals surface area contributed by atoms with E-state index in [0.29, 0.717) is 26.3 Å². The first kappa shape index (κ1) is 23.7. The van der Waals surface area contributed by atoms with E-state index >= 15 is 0 Å². The summed E-state index contributed by atoms with van der Waals surface area (Å²) >= 11 is 0. The molecule has 1 aliphatic rings. The maximum absolute atomic E-state index is 13.3. The predicted octanol–water partition coefficient (Wildman–Crippen LogP) is 2.55. The maximum atomic E-state index is 13.3. The van der Waals surface area contributed by atoms with Crippen LogP contribution in [0.4, 0.5) is 9.18 Å². The van der Waals surface area contributed by atoms with Crippen LogP contribution < -0.4 is 10.6 Å². The number of carbonyl (C=O) groups is 2. The Hall–Kier alpha value is -2.97. The van der Waals surface area contributed by atoms with Crippen molar-refractivity contribution in [2.75, 3.05) is 46.4 Å². The molecule has 2 N–H and O–H groups in total. The molecule has 0 aliphatic carbocycles. The van der Waals surface area contributed by atoms with Gasteiger partial charge in [0.15, 0.2) is 0 Å². The molecule has 2 aromatic carbocycles. The van der Waals surface area contributed by atoms with Crippen LogP contribution in [0.3, 0.4) is 0 Å². The minimum atomic E-state index is -0.286. The molecule has 0 aromatic heterocycles. The minimum absolute atomic E-state index is 0.0601. The van der Waals surface area contributed by atoms with Crippen LogP contribution in [0, 0.1) is 5.82 Å². The Balaban J connectivity index is 1.44. The number of hydrogen-bond acceptors (Lipinski definition) is 4. The monoisotopic (exact) mass is 442 g/mol. The van der Waals surface area contributed by atoms with Gasteiger partial charge in [-0.15, -0.1) is 0 Å². The first-order valence-corrected chi connectivity index (χ1v) is 10.9. The van der Waals surface area contributed by atoms with Gasteiger partial charge in [-0.2, -0.15) is 0 Å². The number of ether oxygens (including phenoxy) is 1. The zero-order chi connectivity index (χ0) is 22.8. The second-order valence-electron chi connectivity index (χ2n) is 7.84. The van der Waals surface area contributed by atoms with Gasteiger partial charge in [-0.1, -0.05) is 42.5 Å². The van der Waals surface area contributed by atoms with Gasteiger partial charge in [0.2, 0.25) is 5.91 Å². The Morgan fingerprint density at radius 3 is 2.44 bits per heavy atom. The van der Waals surface area contributed by atoms with Crippen molar-refractivity contribution in [2.45, 2.75) is 19.0 Å². The summed E-state index contributed by atoms with van der Waals surface area (Å²) in [6, 6.07) is 15.8. The fourth-order valence-corrected chi connectivity index (χ4v) is 3.68. The molecule has 172 valence electrons. The fourth-order valence-electron chi connectivity index (χ4n) is 3.68. The zero-order valence-electron chi connectivity index (χ0n) is 18.4. The summed E-state index contributed by atoms with van der Waals surface area (Å²) in [5.74, 6) is -0.428.